The number of benzene rings is 1. The number of carbonyl (C=O) groups excluding carboxylic acids is 2. The SMILES string of the molecule is C[C@H](C(=O)NCc1ccc(CNC(=O)[C@@H](C)[C@H]2CC[C@H]3[C@@H]4[C@H](O)C[C@@H]5C[C@H](O)CC[C@]5(C)[C@H]4C[C@H](O)[C@]23C)cc1)[C@H]1CC[C@H]2[C@@H]3[C@H](O)C[C@@H]4C[C@H](O)CC[C@]4(C)[C@H]3C[C@H](O)[C@]12C. The summed E-state index contributed by atoms with van der Waals surface area (Å²) < 4.78 is 0. The van der Waals surface area contributed by atoms with Gasteiger partial charge in [0.15, 0.2) is 0 Å². The third kappa shape index (κ3) is 6.98. The van der Waals surface area contributed by atoms with Gasteiger partial charge in [-0.3, -0.25) is 9.59 Å². The Kier molecular flexibility index (Phi) is 11.9. The first-order chi connectivity index (χ1) is 29.3. The fourth-order valence-corrected chi connectivity index (χ4v) is 17.9. The summed E-state index contributed by atoms with van der Waals surface area (Å²) in [5.74, 6) is 0.970. The largest absolute Gasteiger partial charge is 0.393 e. The monoisotopic (exact) mass is 861 g/mol. The van der Waals surface area contributed by atoms with Crippen LogP contribution in [0, 0.1) is 92.7 Å². The van der Waals surface area contributed by atoms with Gasteiger partial charge in [-0.1, -0.05) is 65.8 Å². The Bertz CT molecular complexity index is 1700. The summed E-state index contributed by atoms with van der Waals surface area (Å²) in [7, 11) is 0. The number of aliphatic hydroxyl groups is 6. The highest BCUT2D eigenvalue weighted by molar-refractivity contribution is 5.79. The molecule has 62 heavy (non-hydrogen) atoms. The maximum atomic E-state index is 13.8. The zero-order chi connectivity index (χ0) is 44.3. The first kappa shape index (κ1) is 45.1. The van der Waals surface area contributed by atoms with E-state index in [1.807, 2.05) is 38.1 Å². The minimum Gasteiger partial charge on any atom is -0.393 e. The third-order valence-electron chi connectivity index (χ3n) is 21.7. The predicted octanol–water partition coefficient (Wildman–Crippen LogP) is 6.11. The van der Waals surface area contributed by atoms with E-state index in [2.05, 4.69) is 38.3 Å². The Morgan fingerprint density at radius 1 is 0.548 bits per heavy atom. The molecule has 346 valence electrons. The van der Waals surface area contributed by atoms with Gasteiger partial charge < -0.3 is 41.3 Å². The van der Waals surface area contributed by atoms with E-state index in [1.165, 1.54) is 0 Å². The van der Waals surface area contributed by atoms with Crippen LogP contribution in [0.4, 0.5) is 0 Å². The minimum atomic E-state index is -0.539. The first-order valence-electron chi connectivity index (χ1n) is 25.0. The molecule has 1 aromatic carbocycles. The molecule has 1 aromatic rings. The van der Waals surface area contributed by atoms with E-state index in [0.717, 1.165) is 88.2 Å². The normalized spacial score (nSPS) is 50.4. The quantitative estimate of drug-likeness (QED) is 0.154. The number of aliphatic hydroxyl groups excluding tert-OH is 6. The van der Waals surface area contributed by atoms with Crippen LogP contribution in [0.5, 0.6) is 0 Å². The number of rotatable bonds is 8. The Hall–Kier alpha value is -2.08. The Morgan fingerprint density at radius 3 is 1.29 bits per heavy atom. The number of nitrogens with one attached hydrogen (secondary N) is 2. The highest BCUT2D eigenvalue weighted by Gasteiger charge is 2.68. The topological polar surface area (TPSA) is 180 Å². The van der Waals surface area contributed by atoms with Crippen molar-refractivity contribution in [3.8, 4) is 0 Å². The molecule has 0 aliphatic heterocycles. The van der Waals surface area contributed by atoms with Crippen molar-refractivity contribution in [3.05, 3.63) is 35.4 Å². The molecule has 0 heterocycles. The van der Waals surface area contributed by atoms with Crippen LogP contribution in [0.1, 0.15) is 143 Å². The molecule has 8 saturated carbocycles. The molecule has 10 heteroatoms. The molecule has 0 bridgehead atoms. The molecular formula is C52H80N2O8. The van der Waals surface area contributed by atoms with Gasteiger partial charge in [0.25, 0.3) is 0 Å². The van der Waals surface area contributed by atoms with E-state index >= 15 is 0 Å². The van der Waals surface area contributed by atoms with E-state index in [0.29, 0.717) is 25.9 Å². The van der Waals surface area contributed by atoms with Crippen molar-refractivity contribution >= 4 is 11.8 Å². The van der Waals surface area contributed by atoms with Crippen molar-refractivity contribution in [2.45, 2.75) is 181 Å². The Labute approximate surface area is 370 Å². The van der Waals surface area contributed by atoms with Crippen molar-refractivity contribution in [2.24, 2.45) is 92.7 Å². The summed E-state index contributed by atoms with van der Waals surface area (Å²) in [5, 5.41) is 74.5. The Balaban J connectivity index is 0.777. The van der Waals surface area contributed by atoms with E-state index in [1.54, 1.807) is 0 Å². The van der Waals surface area contributed by atoms with Crippen LogP contribution >= 0.6 is 0 Å². The van der Waals surface area contributed by atoms with Gasteiger partial charge in [-0.15, -0.1) is 0 Å². The molecule has 0 unspecified atom stereocenters. The number of hydrogen-bond acceptors (Lipinski definition) is 8. The molecular weight excluding hydrogens is 781 g/mol. The first-order valence-corrected chi connectivity index (χ1v) is 25.0. The van der Waals surface area contributed by atoms with Gasteiger partial charge in [0.05, 0.1) is 36.6 Å². The fraction of sp³-hybridized carbons (Fsp3) is 0.846. The van der Waals surface area contributed by atoms with Crippen molar-refractivity contribution < 1.29 is 40.2 Å². The zero-order valence-corrected chi connectivity index (χ0v) is 38.5. The average molecular weight is 861 g/mol. The number of carbonyl (C=O) groups is 2. The highest BCUT2D eigenvalue weighted by atomic mass is 16.3. The van der Waals surface area contributed by atoms with Crippen LogP contribution in [0.2, 0.25) is 0 Å². The summed E-state index contributed by atoms with van der Waals surface area (Å²) in [5.41, 5.74) is 1.08. The van der Waals surface area contributed by atoms with E-state index in [4.69, 9.17) is 0 Å². The molecule has 10 nitrogen and oxygen atoms in total. The summed E-state index contributed by atoms with van der Waals surface area (Å²) in [6.45, 7) is 13.8. The molecule has 0 saturated heterocycles. The van der Waals surface area contributed by atoms with Gasteiger partial charge in [-0.25, -0.2) is 0 Å². The minimum absolute atomic E-state index is 0.0133. The third-order valence-corrected chi connectivity index (χ3v) is 21.7. The lowest BCUT2D eigenvalue weighted by atomic mass is 9.43. The molecule has 8 aliphatic rings. The number of hydrogen-bond donors (Lipinski definition) is 8. The summed E-state index contributed by atoms with van der Waals surface area (Å²) in [6, 6.07) is 8.01. The van der Waals surface area contributed by atoms with Crippen molar-refractivity contribution in [3.63, 3.8) is 0 Å². The van der Waals surface area contributed by atoms with Gasteiger partial charge in [-0.2, -0.15) is 0 Å². The highest BCUT2D eigenvalue weighted by Crippen LogP contribution is 2.70. The molecule has 8 N–H and O–H groups in total. The lowest BCUT2D eigenvalue weighted by Gasteiger charge is -2.63. The lowest BCUT2D eigenvalue weighted by Crippen LogP contribution is -2.62. The zero-order valence-electron chi connectivity index (χ0n) is 38.5. The molecule has 2 amide bonds. The smallest absolute Gasteiger partial charge is 0.223 e. The van der Waals surface area contributed by atoms with Gasteiger partial charge in [0, 0.05) is 35.8 Å². The van der Waals surface area contributed by atoms with E-state index < -0.39 is 35.2 Å². The van der Waals surface area contributed by atoms with Crippen LogP contribution in [-0.4, -0.2) is 79.1 Å². The van der Waals surface area contributed by atoms with Crippen molar-refractivity contribution in [1.29, 1.82) is 0 Å². The molecule has 0 spiro atoms. The van der Waals surface area contributed by atoms with Crippen molar-refractivity contribution in [2.75, 3.05) is 0 Å². The van der Waals surface area contributed by atoms with Gasteiger partial charge in [0.1, 0.15) is 0 Å². The molecule has 0 aromatic heterocycles. The average Bonchev–Trinajstić information content (AvgIpc) is 3.79. The molecule has 22 atom stereocenters. The molecule has 8 fully saturated rings. The van der Waals surface area contributed by atoms with Crippen LogP contribution in [0.15, 0.2) is 24.3 Å². The van der Waals surface area contributed by atoms with Gasteiger partial charge >= 0.3 is 0 Å². The fourth-order valence-electron chi connectivity index (χ4n) is 17.9. The molecule has 8 aliphatic carbocycles. The summed E-state index contributed by atoms with van der Waals surface area (Å²) in [6.07, 6.45) is 8.66. The summed E-state index contributed by atoms with van der Waals surface area (Å²) >= 11 is 0. The van der Waals surface area contributed by atoms with Gasteiger partial charge in [-0.05, 0) is 171 Å². The number of amides is 2. The second-order valence-corrected chi connectivity index (χ2v) is 23.9. The van der Waals surface area contributed by atoms with Crippen molar-refractivity contribution in [1.82, 2.24) is 10.6 Å². The summed E-state index contributed by atoms with van der Waals surface area (Å²) in [4.78, 5) is 27.6. The van der Waals surface area contributed by atoms with Crippen LogP contribution in [0.25, 0.3) is 0 Å². The predicted molar refractivity (Wildman–Crippen MR) is 236 cm³/mol. The van der Waals surface area contributed by atoms with Gasteiger partial charge in [0.2, 0.25) is 11.8 Å². The second-order valence-electron chi connectivity index (χ2n) is 23.9. The van der Waals surface area contributed by atoms with Crippen LogP contribution in [-0.2, 0) is 22.7 Å². The van der Waals surface area contributed by atoms with Crippen LogP contribution < -0.4 is 10.6 Å². The lowest BCUT2D eigenvalue weighted by molar-refractivity contribution is -0.207. The second kappa shape index (κ2) is 16.4. The van der Waals surface area contributed by atoms with E-state index in [-0.39, 0.29) is 106 Å². The molecule has 0 radical (unpaired) electrons. The maximum Gasteiger partial charge on any atom is 0.223 e. The number of fused-ring (bicyclic) bond motifs is 10. The molecule has 9 rings (SSSR count). The van der Waals surface area contributed by atoms with E-state index in [9.17, 15) is 40.2 Å². The maximum absolute atomic E-state index is 13.8. The van der Waals surface area contributed by atoms with Crippen LogP contribution in [0.3, 0.4) is 0 Å². The Morgan fingerprint density at radius 2 is 0.919 bits per heavy atom. The standard InChI is InChI=1S/C52H80N2O8/c1-27(35-11-13-37-45-39(23-43(59)51(35,37)5)49(3)17-15-33(55)19-31(49)21-41(45)57)47(61)53-25-29-7-9-30(10-8-29)26-54-48(62)28(2)36-12-14-38-46-40(24-44(60)52(36,38)6)50(4)18-16-34(56)20-32(50)22-42(46)58/h7-10,27-28,31-46,55-60H,11-26H2,1-6H3,(H,53,61)(H,54,62)/t27-,28-,31-,32-,33+,34+,35+,36+,37-,38-,39-,40-,41+,42+,43-,44-,45-,46-,49-,50-,51+,52+/m0/s1.